The number of fused-ring (bicyclic) bond motifs is 3. The van der Waals surface area contributed by atoms with Crippen molar-refractivity contribution < 1.29 is 92.7 Å². The molecule has 0 saturated carbocycles. The molecule has 0 bridgehead atoms. The van der Waals surface area contributed by atoms with Crippen molar-refractivity contribution >= 4 is 89.8 Å². The van der Waals surface area contributed by atoms with Crippen LogP contribution in [-0.4, -0.2) is 186 Å². The molecular weight excluding hydrogens is 1720 g/mol. The van der Waals surface area contributed by atoms with Gasteiger partial charge in [0, 0.05) is 134 Å². The standard InChI is InChI=1S/C23H29BN4O3.C17H17BrN4O.C17H17N4O.C12H24B2O4.2C2H3O.CH3.2Re/c1-14-11-16(24-30-22(3,4)23(5,6)31-24)9-10-17(14)18-13-20-25-19(21(29)27(7)8)12-15(2)28(20)26-18;1-10-7-12(18)5-6-13(10)14-9-16-19-15(17(23)21(3)4)8-11(2)22(16)20-14;1-11-7-5-6-8-13(11)14-10-16-18-15(17(22)20(3)4)9-12(2)21(16)19-14;1-9(2)10(3,4)16-13(15-9)14-17-11(5,6)12(7,8)18-14;2*1-2-3;;;/h9-13H,1-8H3;5-9H,1-4H3;6-10H,1-4H3;1-8H3;2*1H3;1H3;;/q;;-1;;3*-1;;. The van der Waals surface area contributed by atoms with E-state index in [1.54, 1.807) is 74.0 Å². The van der Waals surface area contributed by atoms with Gasteiger partial charge in [-0.3, -0.25) is 27.0 Å². The Bertz CT molecular complexity index is 4430. The first-order valence-corrected chi connectivity index (χ1v) is 33.5. The van der Waals surface area contributed by atoms with Crippen molar-refractivity contribution in [2.75, 3.05) is 42.3 Å². The van der Waals surface area contributed by atoms with Gasteiger partial charge in [0.2, 0.25) is 0 Å². The van der Waals surface area contributed by atoms with Gasteiger partial charge in [-0.2, -0.15) is 53.4 Å². The van der Waals surface area contributed by atoms with Crippen LogP contribution in [0.2, 0.25) is 0 Å². The molecular formula is C74H96B3BrN12O11Re2-4. The topological polar surface area (TPSA) is 241 Å². The van der Waals surface area contributed by atoms with Gasteiger partial charge in [-0.05, 0) is 165 Å². The number of aryl methyl sites for hydroxylation is 6. The molecule has 23 nitrogen and oxygen atoms in total. The van der Waals surface area contributed by atoms with Crippen molar-refractivity contribution in [1.29, 1.82) is 0 Å². The number of halogens is 1. The molecule has 0 unspecified atom stereocenters. The zero-order chi connectivity index (χ0) is 74.7. The van der Waals surface area contributed by atoms with Crippen molar-refractivity contribution in [2.45, 2.75) is 172 Å². The van der Waals surface area contributed by atoms with Gasteiger partial charge < -0.3 is 59.6 Å². The molecule has 9 aromatic rings. The normalized spacial score (nSPS) is 15.9. The van der Waals surface area contributed by atoms with Gasteiger partial charge in [0.05, 0.1) is 50.7 Å². The second kappa shape index (κ2) is 35.0. The fourth-order valence-electron chi connectivity index (χ4n) is 10.6. The molecule has 3 amide bonds. The second-order valence-corrected chi connectivity index (χ2v) is 29.3. The number of rotatable bonds is 8. The Morgan fingerprint density at radius 3 is 1.03 bits per heavy atom. The summed E-state index contributed by atoms with van der Waals surface area (Å²) in [4.78, 5) is 71.9. The van der Waals surface area contributed by atoms with Crippen LogP contribution in [0, 0.1) is 55.0 Å². The van der Waals surface area contributed by atoms with Crippen molar-refractivity contribution in [3.63, 3.8) is 0 Å². The molecule has 3 aliphatic heterocycles. The molecule has 0 aliphatic carbocycles. The first kappa shape index (κ1) is 88.4. The van der Waals surface area contributed by atoms with Crippen LogP contribution < -0.4 is 5.46 Å². The third-order valence-corrected chi connectivity index (χ3v) is 18.8. The number of carbonyl (C=O) groups is 3. The summed E-state index contributed by atoms with van der Waals surface area (Å²) in [6, 6.07) is 32.1. The average molecular weight is 1810 g/mol. The Labute approximate surface area is 644 Å². The summed E-state index contributed by atoms with van der Waals surface area (Å²) in [5, 5.41) is 14.0. The third kappa shape index (κ3) is 20.0. The molecule has 3 aromatic carbocycles. The van der Waals surface area contributed by atoms with Crippen molar-refractivity contribution in [3.05, 3.63) is 160 Å². The van der Waals surface area contributed by atoms with Crippen LogP contribution in [-0.2, 0) is 78.4 Å². The summed E-state index contributed by atoms with van der Waals surface area (Å²) in [7, 11) is 8.96. The van der Waals surface area contributed by atoms with Gasteiger partial charge >= 0.3 is 21.1 Å². The van der Waals surface area contributed by atoms with E-state index in [0.717, 1.165) is 77.5 Å². The van der Waals surface area contributed by atoms with E-state index in [2.05, 4.69) is 93.9 Å². The Hall–Kier alpha value is -6.97. The SMILES string of the molecule is CC1(C)OB(B2OC(C)(C)C(C)(C)O2)OC1(C)C.C[C-]=O.C[C-]=O.Cc1c[c-]ccc1-c1cc2nc(C(=O)N(C)C)cc(C)n2n1.Cc1cc(B2OC(C)(C)C(C)(C)O2)ccc1-c1cc2nc(C(=O)N(C)C)cc(C)n2n1.Cc1cc(Br)ccc1-c1cc2nc(C(=O)N(C)C)cc(C)n2n1.[CH3-].[Re].[Re]. The van der Waals surface area contributed by atoms with E-state index in [9.17, 15) is 14.4 Å². The molecule has 103 heavy (non-hydrogen) atoms. The molecule has 3 fully saturated rings. The fourth-order valence-corrected chi connectivity index (χ4v) is 11.1. The Kier molecular flexibility index (Phi) is 30.0. The number of aromatic nitrogens is 9. The second-order valence-electron chi connectivity index (χ2n) is 28.4. The number of amides is 3. The minimum absolute atomic E-state index is 0. The summed E-state index contributed by atoms with van der Waals surface area (Å²) in [5.74, 6) is -0.353. The van der Waals surface area contributed by atoms with Crippen LogP contribution in [0.15, 0.2) is 95.5 Å². The Morgan fingerprint density at radius 2 is 0.738 bits per heavy atom. The van der Waals surface area contributed by atoms with Gasteiger partial charge in [-0.25, -0.2) is 28.5 Å². The zero-order valence-corrected chi connectivity index (χ0v) is 71.4. The first-order valence-electron chi connectivity index (χ1n) is 32.7. The van der Waals surface area contributed by atoms with Gasteiger partial charge in [0.15, 0.2) is 16.9 Å². The monoisotopic (exact) mass is 1810 g/mol. The minimum Gasteiger partial charge on any atom is -0.542 e. The summed E-state index contributed by atoms with van der Waals surface area (Å²) < 4.78 is 42.5. The minimum atomic E-state index is -0.476. The van der Waals surface area contributed by atoms with E-state index in [0.29, 0.717) is 34.0 Å². The van der Waals surface area contributed by atoms with Gasteiger partial charge in [-0.1, -0.05) is 47.1 Å². The summed E-state index contributed by atoms with van der Waals surface area (Å²) in [6.07, 6.45) is 3.00. The van der Waals surface area contributed by atoms with E-state index in [1.165, 1.54) is 41.1 Å². The van der Waals surface area contributed by atoms with Crippen LogP contribution >= 0.6 is 15.9 Å². The van der Waals surface area contributed by atoms with Crippen LogP contribution in [0.1, 0.15) is 162 Å². The zero-order valence-electron chi connectivity index (χ0n) is 64.4. The first-order chi connectivity index (χ1) is 46.4. The largest absolute Gasteiger partial charge is 0.542 e. The van der Waals surface area contributed by atoms with E-state index >= 15 is 0 Å². The quantitative estimate of drug-likeness (QED) is 0.101. The maximum Gasteiger partial charge on any atom is 0.494 e. The Morgan fingerprint density at radius 1 is 0.447 bits per heavy atom. The maximum absolute atomic E-state index is 12.3. The summed E-state index contributed by atoms with van der Waals surface area (Å²) >= 11 is 3.47. The molecule has 552 valence electrons. The Balaban J connectivity index is 0.000000285. The molecule has 0 N–H and O–H groups in total. The van der Waals surface area contributed by atoms with Gasteiger partial charge in [0.25, 0.3) is 17.7 Å². The van der Waals surface area contributed by atoms with Gasteiger partial charge in [-0.15, -0.1) is 11.1 Å². The fraction of sp³-hybridized carbons (Fsp3) is 0.432. The summed E-state index contributed by atoms with van der Waals surface area (Å²) in [5.41, 5.74) is 13.6. The predicted molar refractivity (Wildman–Crippen MR) is 401 cm³/mol. The van der Waals surface area contributed by atoms with Crippen molar-refractivity contribution in [3.8, 4) is 33.8 Å². The smallest absolute Gasteiger partial charge is 0.494 e. The number of benzene rings is 3. The molecule has 6 aromatic heterocycles. The average Bonchev–Trinajstić information content (AvgIpc) is 1.63. The number of carbonyl (C=O) groups excluding carboxylic acids is 5. The molecule has 29 heteroatoms. The molecule has 3 saturated heterocycles. The molecule has 0 atom stereocenters. The van der Waals surface area contributed by atoms with E-state index in [1.807, 2.05) is 151 Å². The molecule has 0 spiro atoms. The summed E-state index contributed by atoms with van der Waals surface area (Å²) in [6.45, 7) is 38.9. The molecule has 3 aliphatic rings. The third-order valence-electron chi connectivity index (χ3n) is 18.3. The maximum atomic E-state index is 12.3. The van der Waals surface area contributed by atoms with E-state index < -0.39 is 21.1 Å². The van der Waals surface area contributed by atoms with Crippen LogP contribution in [0.4, 0.5) is 0 Å². The van der Waals surface area contributed by atoms with E-state index in [4.69, 9.17) is 42.6 Å². The van der Waals surface area contributed by atoms with Crippen molar-refractivity contribution in [1.82, 2.24) is 58.5 Å². The van der Waals surface area contributed by atoms with Crippen molar-refractivity contribution in [2.24, 2.45) is 0 Å². The number of nitrogens with zero attached hydrogens (tertiary/aromatic N) is 12. The number of hydrogen-bond acceptors (Lipinski definition) is 17. The van der Waals surface area contributed by atoms with Gasteiger partial charge in [0.1, 0.15) is 17.1 Å². The molecule has 2 radical (unpaired) electrons. The predicted octanol–water partition coefficient (Wildman–Crippen LogP) is 11.9. The van der Waals surface area contributed by atoms with E-state index in [-0.39, 0.29) is 99.6 Å². The molecule has 12 rings (SSSR count). The van der Waals surface area contributed by atoms with Crippen LogP contribution in [0.3, 0.4) is 0 Å². The molecule has 9 heterocycles. The number of hydrogen-bond donors (Lipinski definition) is 0. The van der Waals surface area contributed by atoms with Crippen LogP contribution in [0.25, 0.3) is 50.7 Å². The van der Waals surface area contributed by atoms with Crippen LogP contribution in [0.5, 0.6) is 0 Å².